The Kier molecular flexibility index (Phi) is 6.72. The van der Waals surface area contributed by atoms with Gasteiger partial charge >= 0.3 is 0 Å². The predicted molar refractivity (Wildman–Crippen MR) is 116 cm³/mol. The van der Waals surface area contributed by atoms with Crippen LogP contribution >= 0.6 is 0 Å². The third kappa shape index (κ3) is 4.62. The number of carbonyl (C=O) groups is 1. The van der Waals surface area contributed by atoms with Gasteiger partial charge in [-0.1, -0.05) is 24.3 Å². The molecular formula is C23H27N3O4. The largest absolute Gasteiger partial charge is 0.490 e. The number of nitrogens with one attached hydrogen (secondary N) is 1. The van der Waals surface area contributed by atoms with E-state index in [2.05, 4.69) is 10.4 Å². The summed E-state index contributed by atoms with van der Waals surface area (Å²) in [7, 11) is 1.59. The molecular weight excluding hydrogens is 382 g/mol. The number of ether oxygens (including phenoxy) is 2. The van der Waals surface area contributed by atoms with Crippen molar-refractivity contribution >= 4 is 16.7 Å². The van der Waals surface area contributed by atoms with Crippen LogP contribution in [0, 0.1) is 0 Å². The van der Waals surface area contributed by atoms with Crippen molar-refractivity contribution < 1.29 is 14.3 Å². The molecule has 1 atom stereocenters. The average Bonchev–Trinajstić information content (AvgIpc) is 2.73. The van der Waals surface area contributed by atoms with Crippen LogP contribution in [0.5, 0.6) is 11.5 Å². The average molecular weight is 409 g/mol. The summed E-state index contributed by atoms with van der Waals surface area (Å²) in [6, 6.07) is 12.6. The first-order valence-corrected chi connectivity index (χ1v) is 10.1. The van der Waals surface area contributed by atoms with E-state index in [1.165, 1.54) is 4.68 Å². The van der Waals surface area contributed by atoms with Gasteiger partial charge in [0, 0.05) is 12.4 Å². The zero-order chi connectivity index (χ0) is 21.7. The van der Waals surface area contributed by atoms with Gasteiger partial charge in [-0.2, -0.15) is 5.10 Å². The highest BCUT2D eigenvalue weighted by molar-refractivity contribution is 5.88. The fraction of sp³-hybridized carbons (Fsp3) is 0.348. The molecule has 2 aromatic carbocycles. The van der Waals surface area contributed by atoms with E-state index < -0.39 is 0 Å². The number of carbonyl (C=O) groups excluding carboxylic acids is 1. The molecule has 30 heavy (non-hydrogen) atoms. The number of fused-ring (bicyclic) bond motifs is 1. The van der Waals surface area contributed by atoms with E-state index in [4.69, 9.17) is 9.47 Å². The van der Waals surface area contributed by atoms with Crippen LogP contribution in [-0.4, -0.2) is 28.9 Å². The SMILES string of the molecule is CCOc1ccc([C@@H](C)NC(=O)Cc2nn(C)c(=O)c3ccccc23)cc1OCC. The standard InChI is InChI=1S/C23H27N3O4/c1-5-29-20-12-11-16(13-21(20)30-6-2)15(3)24-22(27)14-19-17-9-7-8-10-18(17)23(28)26(4)25-19/h7-13,15H,5-6,14H2,1-4H3,(H,24,27)/t15-/m1/s1. The van der Waals surface area contributed by atoms with Crippen molar-refractivity contribution in [2.45, 2.75) is 33.2 Å². The van der Waals surface area contributed by atoms with Gasteiger partial charge in [0.05, 0.1) is 36.8 Å². The second-order valence-electron chi connectivity index (χ2n) is 6.96. The summed E-state index contributed by atoms with van der Waals surface area (Å²) in [6.07, 6.45) is 0.0777. The summed E-state index contributed by atoms with van der Waals surface area (Å²) in [5.41, 5.74) is 1.30. The first-order chi connectivity index (χ1) is 14.4. The molecule has 3 rings (SSSR count). The maximum Gasteiger partial charge on any atom is 0.274 e. The van der Waals surface area contributed by atoms with Crippen LogP contribution in [0.1, 0.15) is 38.1 Å². The van der Waals surface area contributed by atoms with Crippen LogP contribution in [0.15, 0.2) is 47.3 Å². The molecule has 158 valence electrons. The second kappa shape index (κ2) is 9.43. The van der Waals surface area contributed by atoms with Gasteiger partial charge in [-0.3, -0.25) is 9.59 Å². The molecule has 0 saturated carbocycles. The van der Waals surface area contributed by atoms with Crippen LogP contribution in [0.2, 0.25) is 0 Å². The van der Waals surface area contributed by atoms with Gasteiger partial charge in [0.2, 0.25) is 5.91 Å². The van der Waals surface area contributed by atoms with Gasteiger partial charge in [0.15, 0.2) is 11.5 Å². The van der Waals surface area contributed by atoms with E-state index in [9.17, 15) is 9.59 Å². The first kappa shape index (κ1) is 21.4. The summed E-state index contributed by atoms with van der Waals surface area (Å²) >= 11 is 0. The van der Waals surface area contributed by atoms with E-state index in [0.29, 0.717) is 41.2 Å². The van der Waals surface area contributed by atoms with Crippen molar-refractivity contribution in [2.75, 3.05) is 13.2 Å². The summed E-state index contributed by atoms with van der Waals surface area (Å²) in [5.74, 6) is 1.16. The highest BCUT2D eigenvalue weighted by Crippen LogP contribution is 2.30. The van der Waals surface area contributed by atoms with Gasteiger partial charge in [-0.15, -0.1) is 0 Å². The number of amides is 1. The lowest BCUT2D eigenvalue weighted by Gasteiger charge is -2.18. The zero-order valence-corrected chi connectivity index (χ0v) is 17.8. The normalized spacial score (nSPS) is 11.9. The first-order valence-electron chi connectivity index (χ1n) is 10.1. The van der Waals surface area contributed by atoms with Gasteiger partial charge < -0.3 is 14.8 Å². The predicted octanol–water partition coefficient (Wildman–Crippen LogP) is 3.15. The van der Waals surface area contributed by atoms with Gasteiger partial charge in [-0.25, -0.2) is 4.68 Å². The summed E-state index contributed by atoms with van der Waals surface area (Å²) in [5, 5.41) is 8.55. The minimum absolute atomic E-state index is 0.0777. The molecule has 0 aliphatic rings. The van der Waals surface area contributed by atoms with Crippen molar-refractivity contribution in [3.05, 3.63) is 64.1 Å². The number of aromatic nitrogens is 2. The Labute approximate surface area is 175 Å². The summed E-state index contributed by atoms with van der Waals surface area (Å²) in [6.45, 7) is 6.82. The van der Waals surface area contributed by atoms with Crippen molar-refractivity contribution in [3.8, 4) is 11.5 Å². The van der Waals surface area contributed by atoms with Crippen molar-refractivity contribution in [1.29, 1.82) is 0 Å². The summed E-state index contributed by atoms with van der Waals surface area (Å²) in [4.78, 5) is 25.0. The number of nitrogens with zero attached hydrogens (tertiary/aromatic N) is 2. The second-order valence-corrected chi connectivity index (χ2v) is 6.96. The maximum absolute atomic E-state index is 12.7. The van der Waals surface area contributed by atoms with Crippen LogP contribution in [0.25, 0.3) is 10.8 Å². The Morgan fingerprint density at radius 1 is 1.07 bits per heavy atom. The fourth-order valence-corrected chi connectivity index (χ4v) is 3.37. The minimum atomic E-state index is -0.230. The third-order valence-electron chi connectivity index (χ3n) is 4.81. The molecule has 0 saturated heterocycles. The molecule has 1 amide bonds. The summed E-state index contributed by atoms with van der Waals surface area (Å²) < 4.78 is 12.5. The van der Waals surface area contributed by atoms with Crippen LogP contribution < -0.4 is 20.3 Å². The molecule has 0 aliphatic heterocycles. The van der Waals surface area contributed by atoms with Crippen molar-refractivity contribution in [1.82, 2.24) is 15.1 Å². The Morgan fingerprint density at radius 2 is 1.73 bits per heavy atom. The maximum atomic E-state index is 12.7. The molecule has 0 aliphatic carbocycles. The Hall–Kier alpha value is -3.35. The van der Waals surface area contributed by atoms with E-state index in [1.54, 1.807) is 19.2 Å². The van der Waals surface area contributed by atoms with Crippen molar-refractivity contribution in [2.24, 2.45) is 7.05 Å². The monoisotopic (exact) mass is 409 g/mol. The molecule has 7 heteroatoms. The van der Waals surface area contributed by atoms with Gasteiger partial charge in [0.1, 0.15) is 0 Å². The van der Waals surface area contributed by atoms with Crippen LogP contribution in [-0.2, 0) is 18.3 Å². The minimum Gasteiger partial charge on any atom is -0.490 e. The highest BCUT2D eigenvalue weighted by Gasteiger charge is 2.16. The molecule has 0 radical (unpaired) electrons. The molecule has 1 aromatic heterocycles. The van der Waals surface area contributed by atoms with Crippen LogP contribution in [0.4, 0.5) is 0 Å². The van der Waals surface area contributed by atoms with E-state index in [0.717, 1.165) is 5.56 Å². The lowest BCUT2D eigenvalue weighted by atomic mass is 10.1. The third-order valence-corrected chi connectivity index (χ3v) is 4.81. The van der Waals surface area contributed by atoms with E-state index in [1.807, 2.05) is 51.1 Å². The van der Waals surface area contributed by atoms with E-state index >= 15 is 0 Å². The molecule has 0 spiro atoms. The van der Waals surface area contributed by atoms with Crippen molar-refractivity contribution in [3.63, 3.8) is 0 Å². The zero-order valence-electron chi connectivity index (χ0n) is 17.8. The lowest BCUT2D eigenvalue weighted by Crippen LogP contribution is -2.30. The molecule has 0 bridgehead atoms. The lowest BCUT2D eigenvalue weighted by molar-refractivity contribution is -0.121. The number of hydrogen-bond acceptors (Lipinski definition) is 5. The number of rotatable bonds is 8. The quantitative estimate of drug-likeness (QED) is 0.618. The number of benzene rings is 2. The number of hydrogen-bond donors (Lipinski definition) is 1. The van der Waals surface area contributed by atoms with Crippen LogP contribution in [0.3, 0.4) is 0 Å². The molecule has 3 aromatic rings. The Bertz CT molecular complexity index is 1110. The smallest absolute Gasteiger partial charge is 0.274 e. The molecule has 1 heterocycles. The Morgan fingerprint density at radius 3 is 2.43 bits per heavy atom. The fourth-order valence-electron chi connectivity index (χ4n) is 3.37. The molecule has 0 unspecified atom stereocenters. The number of aryl methyl sites for hydroxylation is 1. The highest BCUT2D eigenvalue weighted by atomic mass is 16.5. The van der Waals surface area contributed by atoms with Gasteiger partial charge in [0.25, 0.3) is 5.56 Å². The molecule has 0 fully saturated rings. The van der Waals surface area contributed by atoms with Gasteiger partial charge in [-0.05, 0) is 44.5 Å². The molecule has 7 nitrogen and oxygen atoms in total. The molecule has 1 N–H and O–H groups in total. The van der Waals surface area contributed by atoms with E-state index in [-0.39, 0.29) is 23.9 Å². The topological polar surface area (TPSA) is 82.5 Å². The Balaban J connectivity index is 1.79.